The van der Waals surface area contributed by atoms with Gasteiger partial charge in [0.15, 0.2) is 5.82 Å². The normalized spacial score (nSPS) is 12.7. The third-order valence-electron chi connectivity index (χ3n) is 22.8. The van der Waals surface area contributed by atoms with Crippen molar-refractivity contribution in [3.05, 3.63) is 369 Å². The molecule has 107 heavy (non-hydrogen) atoms. The van der Waals surface area contributed by atoms with Crippen molar-refractivity contribution < 1.29 is 0 Å². The van der Waals surface area contributed by atoms with Gasteiger partial charge >= 0.3 is 0 Å². The van der Waals surface area contributed by atoms with Gasteiger partial charge in [-0.15, -0.1) is 0 Å². The maximum atomic E-state index is 5.39. The quantitative estimate of drug-likeness (QED) is 0.128. The molecule has 22 rings (SSSR count). The van der Waals surface area contributed by atoms with E-state index in [0.717, 1.165) is 89.9 Å². The fourth-order valence-electron chi connectivity index (χ4n) is 18.0. The zero-order valence-electron chi connectivity index (χ0n) is 58.7. The Labute approximate surface area is 617 Å². The average Bonchev–Trinajstić information content (AvgIpc) is 1.53. The molecular formula is C100H65N7. The first kappa shape index (κ1) is 60.6. The topological polar surface area (TPSA) is 56.7 Å². The van der Waals surface area contributed by atoms with Crippen molar-refractivity contribution >= 4 is 126 Å². The first-order chi connectivity index (χ1) is 52.8. The molecule has 1 aliphatic rings. The summed E-state index contributed by atoms with van der Waals surface area (Å²) >= 11 is 0. The molecule has 16 aromatic carbocycles. The standard InChI is InChI=1S/C100H65N7/c1-100(2)86-59-83-75-33-12-10-31-73(75)72-30-9-11-32-74(72)82(83)58-84(86)95-96-85-57-65(44-55-94(85)107(98(96)81-39-14-13-38-80(81)97(95)100)71-53-54-87(101-61-71)89-60-88(62-24-5-3-6-25-62)102-99(103-89)63-26-7-4-8-27-63)64-28-23-29-70(56-64)104(66-45-49-68(50-46-66)105-90-40-19-15-34-76(90)77-35-16-20-41-91(77)105)67-47-51-69(52-48-67)106-92-42-21-17-36-78(92)79-37-18-22-43-93(79)106/h3-61H,1-2H3. The van der Waals surface area contributed by atoms with Gasteiger partial charge in [-0.05, 0) is 198 Å². The Morgan fingerprint density at radius 3 is 1.28 bits per heavy atom. The Balaban J connectivity index is 0.754. The highest BCUT2D eigenvalue weighted by Gasteiger charge is 2.41. The summed E-state index contributed by atoms with van der Waals surface area (Å²) in [6.45, 7) is 4.90. The minimum absolute atomic E-state index is 0.384. The summed E-state index contributed by atoms with van der Waals surface area (Å²) in [5, 5.41) is 17.3. The molecule has 0 fully saturated rings. The lowest BCUT2D eigenvalue weighted by molar-refractivity contribution is 0.667. The molecule has 0 unspecified atom stereocenters. The lowest BCUT2D eigenvalue weighted by atomic mass is 9.79. The molecule has 21 aromatic rings. The zero-order valence-corrected chi connectivity index (χ0v) is 58.7. The third-order valence-corrected chi connectivity index (χ3v) is 22.8. The van der Waals surface area contributed by atoms with Crippen molar-refractivity contribution in [1.82, 2.24) is 28.7 Å². The summed E-state index contributed by atoms with van der Waals surface area (Å²) < 4.78 is 7.27. The average molecular weight is 1360 g/mol. The van der Waals surface area contributed by atoms with E-state index in [1.54, 1.807) is 0 Å². The molecule has 0 bridgehead atoms. The van der Waals surface area contributed by atoms with Crippen molar-refractivity contribution in [3.8, 4) is 73.3 Å². The van der Waals surface area contributed by atoms with Gasteiger partial charge < -0.3 is 18.6 Å². The summed E-state index contributed by atoms with van der Waals surface area (Å²) in [4.78, 5) is 18.2. The molecule has 5 aromatic heterocycles. The fourth-order valence-corrected chi connectivity index (χ4v) is 18.0. The number of anilines is 3. The highest BCUT2D eigenvalue weighted by atomic mass is 15.1. The summed E-state index contributed by atoms with van der Waals surface area (Å²) in [7, 11) is 0. The number of para-hydroxylation sites is 4. The van der Waals surface area contributed by atoms with E-state index in [9.17, 15) is 0 Å². The largest absolute Gasteiger partial charge is 0.310 e. The van der Waals surface area contributed by atoms with Crippen LogP contribution in [-0.2, 0) is 5.41 Å². The minimum Gasteiger partial charge on any atom is -0.310 e. The van der Waals surface area contributed by atoms with E-state index in [0.29, 0.717) is 5.82 Å². The van der Waals surface area contributed by atoms with Crippen LogP contribution in [0.5, 0.6) is 0 Å². The molecular weight excluding hydrogens is 1300 g/mol. The van der Waals surface area contributed by atoms with Crippen LogP contribution in [0.25, 0.3) is 182 Å². The number of fused-ring (bicyclic) bond motifs is 22. The van der Waals surface area contributed by atoms with Gasteiger partial charge in [0.25, 0.3) is 0 Å². The molecule has 0 saturated carbocycles. The van der Waals surface area contributed by atoms with Crippen molar-refractivity contribution in [2.24, 2.45) is 0 Å². The summed E-state index contributed by atoms with van der Waals surface area (Å²) in [6, 6.07) is 129. The van der Waals surface area contributed by atoms with E-state index in [1.807, 2.05) is 30.5 Å². The minimum atomic E-state index is -0.384. The lowest BCUT2D eigenvalue weighted by Gasteiger charge is -2.26. The molecule has 0 aliphatic heterocycles. The van der Waals surface area contributed by atoms with E-state index in [1.165, 1.54) is 114 Å². The Morgan fingerprint density at radius 2 is 0.729 bits per heavy atom. The van der Waals surface area contributed by atoms with Crippen LogP contribution in [0.3, 0.4) is 0 Å². The van der Waals surface area contributed by atoms with Gasteiger partial charge in [0, 0.05) is 82.7 Å². The molecule has 5 heterocycles. The zero-order chi connectivity index (χ0) is 70.6. The summed E-state index contributed by atoms with van der Waals surface area (Å²) in [6.07, 6.45) is 2.04. The van der Waals surface area contributed by atoms with E-state index in [4.69, 9.17) is 15.0 Å². The SMILES string of the molecule is CC1(C)c2cc3c4ccccc4c4ccccc4c3cc2-c2c1c1ccccc1c1c2c2cc(-c3cccc(N(c4ccc(-n5c6ccccc6c6ccccc65)cc4)c4ccc(-n5c6ccccc6c6ccccc65)cc4)c3)ccc2n1-c1ccc(-c2cc(-c3ccccc3)nc(-c3ccccc3)n2)nc1. The van der Waals surface area contributed by atoms with Crippen molar-refractivity contribution in [3.63, 3.8) is 0 Å². The third kappa shape index (κ3) is 9.24. The van der Waals surface area contributed by atoms with Gasteiger partial charge in [-0.25, -0.2) is 9.97 Å². The second kappa shape index (κ2) is 23.5. The van der Waals surface area contributed by atoms with E-state index in [-0.39, 0.29) is 5.41 Å². The van der Waals surface area contributed by atoms with E-state index in [2.05, 4.69) is 360 Å². The Morgan fingerprint density at radius 1 is 0.280 bits per heavy atom. The predicted molar refractivity (Wildman–Crippen MR) is 447 cm³/mol. The van der Waals surface area contributed by atoms with Crippen LogP contribution >= 0.6 is 0 Å². The summed E-state index contributed by atoms with van der Waals surface area (Å²) in [5.41, 5.74) is 24.6. The molecule has 7 nitrogen and oxygen atoms in total. The molecule has 0 amide bonds. The van der Waals surface area contributed by atoms with Crippen molar-refractivity contribution in [1.29, 1.82) is 0 Å². The number of rotatable bonds is 10. The number of benzene rings is 16. The Kier molecular flexibility index (Phi) is 13.3. The van der Waals surface area contributed by atoms with Crippen LogP contribution in [0.15, 0.2) is 358 Å². The summed E-state index contributed by atoms with van der Waals surface area (Å²) in [5.74, 6) is 0.650. The molecule has 0 radical (unpaired) electrons. The van der Waals surface area contributed by atoms with Crippen LogP contribution in [0.2, 0.25) is 0 Å². The molecule has 500 valence electrons. The van der Waals surface area contributed by atoms with Gasteiger partial charge in [-0.3, -0.25) is 4.98 Å². The molecule has 0 saturated heterocycles. The molecule has 0 spiro atoms. The smallest absolute Gasteiger partial charge is 0.160 e. The predicted octanol–water partition coefficient (Wildman–Crippen LogP) is 26.2. The first-order valence-corrected chi connectivity index (χ1v) is 36.8. The van der Waals surface area contributed by atoms with Gasteiger partial charge in [-0.1, -0.05) is 238 Å². The van der Waals surface area contributed by atoms with Crippen LogP contribution < -0.4 is 4.90 Å². The molecule has 1 aliphatic carbocycles. The number of hydrogen-bond donors (Lipinski definition) is 0. The van der Waals surface area contributed by atoms with Gasteiger partial charge in [0.2, 0.25) is 0 Å². The van der Waals surface area contributed by atoms with Gasteiger partial charge in [-0.2, -0.15) is 0 Å². The van der Waals surface area contributed by atoms with Crippen LogP contribution in [0, 0.1) is 0 Å². The monoisotopic (exact) mass is 1360 g/mol. The van der Waals surface area contributed by atoms with E-state index >= 15 is 0 Å². The van der Waals surface area contributed by atoms with Crippen molar-refractivity contribution in [2.45, 2.75) is 19.3 Å². The van der Waals surface area contributed by atoms with E-state index < -0.39 is 0 Å². The lowest BCUT2D eigenvalue weighted by Crippen LogP contribution is -2.15. The van der Waals surface area contributed by atoms with Crippen LogP contribution in [0.1, 0.15) is 25.0 Å². The first-order valence-electron chi connectivity index (χ1n) is 36.8. The second-order valence-corrected chi connectivity index (χ2v) is 29.0. The van der Waals surface area contributed by atoms with Crippen LogP contribution in [0.4, 0.5) is 17.1 Å². The number of aromatic nitrogens is 6. The number of nitrogens with zero attached hydrogens (tertiary/aromatic N) is 7. The number of pyridine rings is 1. The second-order valence-electron chi connectivity index (χ2n) is 29.0. The fraction of sp³-hybridized carbons (Fsp3) is 0.0300. The van der Waals surface area contributed by atoms with Crippen LogP contribution in [-0.4, -0.2) is 28.7 Å². The van der Waals surface area contributed by atoms with Crippen molar-refractivity contribution in [2.75, 3.05) is 4.90 Å². The molecule has 0 atom stereocenters. The Hall–Kier alpha value is -14.0. The molecule has 7 heteroatoms. The maximum absolute atomic E-state index is 5.39. The van der Waals surface area contributed by atoms with Gasteiger partial charge in [0.1, 0.15) is 0 Å². The maximum Gasteiger partial charge on any atom is 0.160 e. The molecule has 0 N–H and O–H groups in total. The number of hydrogen-bond acceptors (Lipinski definition) is 4. The highest BCUT2D eigenvalue weighted by molar-refractivity contribution is 6.30. The Bertz CT molecular complexity index is 6930. The van der Waals surface area contributed by atoms with Gasteiger partial charge in [0.05, 0.1) is 62.1 Å². The highest BCUT2D eigenvalue weighted by Crippen LogP contribution is 2.59.